The van der Waals surface area contributed by atoms with Gasteiger partial charge in [-0.1, -0.05) is 53.3 Å². The number of hydrogen-bond acceptors (Lipinski definition) is 5. The van der Waals surface area contributed by atoms with Gasteiger partial charge < -0.3 is 4.57 Å². The van der Waals surface area contributed by atoms with E-state index in [4.69, 9.17) is 11.6 Å². The summed E-state index contributed by atoms with van der Waals surface area (Å²) in [6.45, 7) is 0. The van der Waals surface area contributed by atoms with E-state index in [9.17, 15) is 4.79 Å². The highest BCUT2D eigenvalue weighted by molar-refractivity contribution is 7.19. The van der Waals surface area contributed by atoms with Crippen molar-refractivity contribution < 1.29 is 4.79 Å². The molecule has 0 aliphatic heterocycles. The van der Waals surface area contributed by atoms with Crippen LogP contribution in [0.15, 0.2) is 61.1 Å². The van der Waals surface area contributed by atoms with Crippen LogP contribution in [0.25, 0.3) is 22.0 Å². The molecule has 0 saturated heterocycles. The second-order valence-corrected chi connectivity index (χ2v) is 7.13. The second-order valence-electron chi connectivity index (χ2n) is 5.75. The number of carbonyl (C=O) groups excluding carboxylic acids is 1. The molecule has 3 aromatic heterocycles. The molecule has 4 aromatic rings. The molecule has 0 spiro atoms. The SMILES string of the molecule is Cn1ccnc1-c1sc(NC(=O)c2ccc(Cl)nc2)nc1-c1ccccc1. The first-order valence-corrected chi connectivity index (χ1v) is 9.28. The van der Waals surface area contributed by atoms with Crippen LogP contribution in [-0.2, 0) is 7.05 Å². The zero-order valence-electron chi connectivity index (χ0n) is 14.3. The van der Waals surface area contributed by atoms with Crippen molar-refractivity contribution in [1.29, 1.82) is 0 Å². The van der Waals surface area contributed by atoms with Gasteiger partial charge >= 0.3 is 0 Å². The minimum Gasteiger partial charge on any atom is -0.333 e. The minimum absolute atomic E-state index is 0.293. The van der Waals surface area contributed by atoms with Gasteiger partial charge in [0.25, 0.3) is 5.91 Å². The van der Waals surface area contributed by atoms with Crippen molar-refractivity contribution in [3.8, 4) is 22.0 Å². The van der Waals surface area contributed by atoms with Crippen LogP contribution in [0.5, 0.6) is 0 Å². The maximum Gasteiger partial charge on any atom is 0.259 e. The molecular formula is C19H14ClN5OS. The Morgan fingerprint density at radius 3 is 2.63 bits per heavy atom. The van der Waals surface area contributed by atoms with Gasteiger partial charge in [-0.15, -0.1) is 0 Å². The van der Waals surface area contributed by atoms with E-state index in [1.807, 2.05) is 48.1 Å². The van der Waals surface area contributed by atoms with E-state index < -0.39 is 0 Å². The van der Waals surface area contributed by atoms with Gasteiger partial charge in [0.2, 0.25) is 0 Å². The first-order valence-electron chi connectivity index (χ1n) is 8.08. The van der Waals surface area contributed by atoms with Gasteiger partial charge in [0.1, 0.15) is 5.15 Å². The van der Waals surface area contributed by atoms with Crippen LogP contribution in [0.3, 0.4) is 0 Å². The number of nitrogens with zero attached hydrogens (tertiary/aromatic N) is 4. The number of rotatable bonds is 4. The number of imidazole rings is 1. The predicted molar refractivity (Wildman–Crippen MR) is 107 cm³/mol. The molecule has 8 heteroatoms. The molecule has 0 unspecified atom stereocenters. The molecule has 134 valence electrons. The summed E-state index contributed by atoms with van der Waals surface area (Å²) in [7, 11) is 1.93. The van der Waals surface area contributed by atoms with Crippen LogP contribution < -0.4 is 5.32 Å². The third-order valence-corrected chi connectivity index (χ3v) is 5.10. The summed E-state index contributed by atoms with van der Waals surface area (Å²) < 4.78 is 1.93. The van der Waals surface area contributed by atoms with E-state index in [-0.39, 0.29) is 5.91 Å². The lowest BCUT2D eigenvalue weighted by Gasteiger charge is -2.02. The highest BCUT2D eigenvalue weighted by Crippen LogP contribution is 2.38. The Morgan fingerprint density at radius 1 is 1.15 bits per heavy atom. The molecule has 1 aromatic carbocycles. The molecule has 0 atom stereocenters. The monoisotopic (exact) mass is 395 g/mol. The first kappa shape index (κ1) is 17.4. The number of aromatic nitrogens is 4. The summed E-state index contributed by atoms with van der Waals surface area (Å²) in [5.74, 6) is 0.499. The Morgan fingerprint density at radius 2 is 1.96 bits per heavy atom. The quantitative estimate of drug-likeness (QED) is 0.516. The smallest absolute Gasteiger partial charge is 0.259 e. The minimum atomic E-state index is -0.293. The maximum atomic E-state index is 12.5. The number of anilines is 1. The summed E-state index contributed by atoms with van der Waals surface area (Å²) in [6, 6.07) is 13.0. The highest BCUT2D eigenvalue weighted by atomic mass is 35.5. The van der Waals surface area contributed by atoms with Crippen molar-refractivity contribution in [3.05, 3.63) is 71.8 Å². The van der Waals surface area contributed by atoms with Gasteiger partial charge in [0.15, 0.2) is 11.0 Å². The topological polar surface area (TPSA) is 72.7 Å². The third kappa shape index (κ3) is 3.60. The Bertz CT molecular complexity index is 1090. The summed E-state index contributed by atoms with van der Waals surface area (Å²) >= 11 is 7.16. The van der Waals surface area contributed by atoms with Crippen molar-refractivity contribution >= 4 is 34.0 Å². The molecule has 1 amide bonds. The Kier molecular flexibility index (Phi) is 4.70. The lowest BCUT2D eigenvalue weighted by Crippen LogP contribution is -2.11. The number of hydrogen-bond donors (Lipinski definition) is 1. The van der Waals surface area contributed by atoms with Crippen molar-refractivity contribution in [2.75, 3.05) is 5.32 Å². The van der Waals surface area contributed by atoms with Crippen LogP contribution in [0.2, 0.25) is 5.15 Å². The van der Waals surface area contributed by atoms with Crippen LogP contribution in [0.4, 0.5) is 5.13 Å². The van der Waals surface area contributed by atoms with E-state index >= 15 is 0 Å². The van der Waals surface area contributed by atoms with E-state index in [2.05, 4.69) is 20.3 Å². The molecule has 3 heterocycles. The van der Waals surface area contributed by atoms with Gasteiger partial charge in [-0.3, -0.25) is 10.1 Å². The van der Waals surface area contributed by atoms with E-state index in [1.54, 1.807) is 18.3 Å². The fraction of sp³-hybridized carbons (Fsp3) is 0.0526. The van der Waals surface area contributed by atoms with Gasteiger partial charge in [-0.25, -0.2) is 15.0 Å². The number of thiazole rings is 1. The normalized spacial score (nSPS) is 10.7. The van der Waals surface area contributed by atoms with E-state index in [0.29, 0.717) is 15.8 Å². The fourth-order valence-electron chi connectivity index (χ4n) is 2.58. The largest absolute Gasteiger partial charge is 0.333 e. The van der Waals surface area contributed by atoms with Gasteiger partial charge in [-0.05, 0) is 12.1 Å². The molecule has 0 saturated carbocycles. The highest BCUT2D eigenvalue weighted by Gasteiger charge is 2.19. The number of halogens is 1. The number of nitrogens with one attached hydrogen (secondary N) is 1. The second kappa shape index (κ2) is 7.30. The van der Waals surface area contributed by atoms with E-state index in [0.717, 1.165) is 22.0 Å². The molecule has 0 aliphatic carbocycles. The molecular weight excluding hydrogens is 382 g/mol. The molecule has 1 N–H and O–H groups in total. The molecule has 4 rings (SSSR count). The van der Waals surface area contributed by atoms with E-state index in [1.165, 1.54) is 17.5 Å². The molecule has 0 bridgehead atoms. The molecule has 6 nitrogen and oxygen atoms in total. The average molecular weight is 396 g/mol. The van der Waals surface area contributed by atoms with Crippen molar-refractivity contribution in [3.63, 3.8) is 0 Å². The van der Waals surface area contributed by atoms with Gasteiger partial charge in [0.05, 0.1) is 16.1 Å². The maximum absolute atomic E-state index is 12.5. The Balaban J connectivity index is 1.72. The third-order valence-electron chi connectivity index (χ3n) is 3.91. The molecule has 0 radical (unpaired) electrons. The van der Waals surface area contributed by atoms with Crippen molar-refractivity contribution in [2.24, 2.45) is 7.05 Å². The van der Waals surface area contributed by atoms with Crippen molar-refractivity contribution in [1.82, 2.24) is 19.5 Å². The fourth-order valence-corrected chi connectivity index (χ4v) is 3.71. The molecule has 27 heavy (non-hydrogen) atoms. The number of benzene rings is 1. The Hall–Kier alpha value is -3.03. The number of aryl methyl sites for hydroxylation is 1. The zero-order valence-corrected chi connectivity index (χ0v) is 15.8. The number of pyridine rings is 1. The first-order chi connectivity index (χ1) is 13.1. The summed E-state index contributed by atoms with van der Waals surface area (Å²) in [4.78, 5) is 26.4. The molecule has 0 aliphatic rings. The van der Waals surface area contributed by atoms with Crippen LogP contribution in [-0.4, -0.2) is 25.4 Å². The van der Waals surface area contributed by atoms with Crippen LogP contribution in [0.1, 0.15) is 10.4 Å². The van der Waals surface area contributed by atoms with Gasteiger partial charge in [0, 0.05) is 31.2 Å². The number of amides is 1. The summed E-state index contributed by atoms with van der Waals surface area (Å²) in [5.41, 5.74) is 2.15. The standard InChI is InChI=1S/C19H14ClN5OS/c1-25-10-9-21-17(25)16-15(12-5-3-2-4-6-12)23-19(27-16)24-18(26)13-7-8-14(20)22-11-13/h2-11H,1H3,(H,23,24,26). The lowest BCUT2D eigenvalue weighted by atomic mass is 10.1. The van der Waals surface area contributed by atoms with Crippen LogP contribution >= 0.6 is 22.9 Å². The average Bonchev–Trinajstić information content (AvgIpc) is 3.28. The number of carbonyl (C=O) groups is 1. The van der Waals surface area contributed by atoms with Crippen molar-refractivity contribution in [2.45, 2.75) is 0 Å². The summed E-state index contributed by atoms with van der Waals surface area (Å²) in [6.07, 6.45) is 5.05. The lowest BCUT2D eigenvalue weighted by molar-refractivity contribution is 0.102. The Labute approximate surface area is 164 Å². The van der Waals surface area contributed by atoms with Crippen LogP contribution in [0, 0.1) is 0 Å². The van der Waals surface area contributed by atoms with Gasteiger partial charge in [-0.2, -0.15) is 0 Å². The summed E-state index contributed by atoms with van der Waals surface area (Å²) in [5, 5.41) is 3.67. The molecule has 0 fully saturated rings. The predicted octanol–water partition coefficient (Wildman–Crippen LogP) is 4.51. The zero-order chi connectivity index (χ0) is 18.8.